The van der Waals surface area contributed by atoms with E-state index in [1.165, 1.54) is 33.4 Å². The molecule has 0 radical (unpaired) electrons. The fourth-order valence-electron chi connectivity index (χ4n) is 1.47. The SMILES string of the molecule is COc1ccc(F)cc1C(O)CC(=O)N(C)OC. The van der Waals surface area contributed by atoms with Crippen LogP contribution in [-0.4, -0.2) is 37.3 Å². The molecule has 1 aromatic rings. The zero-order valence-corrected chi connectivity index (χ0v) is 10.5. The largest absolute Gasteiger partial charge is 0.496 e. The minimum Gasteiger partial charge on any atom is -0.496 e. The van der Waals surface area contributed by atoms with E-state index in [0.29, 0.717) is 5.75 Å². The van der Waals surface area contributed by atoms with Crippen molar-refractivity contribution in [1.82, 2.24) is 5.06 Å². The standard InChI is InChI=1S/C12H16FNO4/c1-14(18-3)12(16)7-10(15)9-6-8(13)4-5-11(9)17-2/h4-6,10,15H,7H2,1-3H3. The third-order valence-electron chi connectivity index (χ3n) is 2.54. The summed E-state index contributed by atoms with van der Waals surface area (Å²) in [7, 11) is 4.18. The Bertz CT molecular complexity index is 425. The fraction of sp³-hybridized carbons (Fsp3) is 0.417. The highest BCUT2D eigenvalue weighted by Gasteiger charge is 2.20. The van der Waals surface area contributed by atoms with Crippen molar-refractivity contribution < 1.29 is 23.9 Å². The average Bonchev–Trinajstić information content (AvgIpc) is 2.37. The summed E-state index contributed by atoms with van der Waals surface area (Å²) in [5, 5.41) is 10.9. The summed E-state index contributed by atoms with van der Waals surface area (Å²) >= 11 is 0. The Morgan fingerprint density at radius 2 is 2.17 bits per heavy atom. The van der Waals surface area contributed by atoms with E-state index in [2.05, 4.69) is 0 Å². The molecule has 0 spiro atoms. The maximum Gasteiger partial charge on any atom is 0.248 e. The fourth-order valence-corrected chi connectivity index (χ4v) is 1.47. The second-order valence-electron chi connectivity index (χ2n) is 3.68. The number of benzene rings is 1. The molecule has 0 fully saturated rings. The molecule has 0 aliphatic carbocycles. The number of halogens is 1. The van der Waals surface area contributed by atoms with Gasteiger partial charge in [0.1, 0.15) is 11.6 Å². The van der Waals surface area contributed by atoms with Crippen molar-refractivity contribution in [2.45, 2.75) is 12.5 Å². The van der Waals surface area contributed by atoms with E-state index >= 15 is 0 Å². The van der Waals surface area contributed by atoms with Gasteiger partial charge in [-0.15, -0.1) is 0 Å². The van der Waals surface area contributed by atoms with Crippen LogP contribution in [0.1, 0.15) is 18.1 Å². The van der Waals surface area contributed by atoms with Gasteiger partial charge in [0.05, 0.1) is 26.7 Å². The van der Waals surface area contributed by atoms with E-state index in [9.17, 15) is 14.3 Å². The van der Waals surface area contributed by atoms with Crippen molar-refractivity contribution in [2.75, 3.05) is 21.3 Å². The zero-order valence-electron chi connectivity index (χ0n) is 10.5. The summed E-state index contributed by atoms with van der Waals surface area (Å²) in [6, 6.07) is 3.76. The Morgan fingerprint density at radius 3 is 2.72 bits per heavy atom. The number of carbonyl (C=O) groups excluding carboxylic acids is 1. The smallest absolute Gasteiger partial charge is 0.248 e. The van der Waals surface area contributed by atoms with Gasteiger partial charge in [0.2, 0.25) is 5.91 Å². The number of amides is 1. The zero-order chi connectivity index (χ0) is 13.7. The molecule has 0 saturated heterocycles. The molecule has 0 aromatic heterocycles. The molecule has 5 nitrogen and oxygen atoms in total. The molecule has 1 aromatic carbocycles. The molecule has 1 unspecified atom stereocenters. The number of hydrogen-bond acceptors (Lipinski definition) is 4. The third kappa shape index (κ3) is 3.41. The van der Waals surface area contributed by atoms with Gasteiger partial charge in [-0.05, 0) is 18.2 Å². The molecule has 1 amide bonds. The van der Waals surface area contributed by atoms with Crippen molar-refractivity contribution in [3.8, 4) is 5.75 Å². The summed E-state index contributed by atoms with van der Waals surface area (Å²) in [5.41, 5.74) is 0.232. The first-order chi connectivity index (χ1) is 8.49. The minimum atomic E-state index is -1.15. The van der Waals surface area contributed by atoms with Crippen LogP contribution in [0.15, 0.2) is 18.2 Å². The van der Waals surface area contributed by atoms with Crippen LogP contribution in [0.25, 0.3) is 0 Å². The lowest BCUT2D eigenvalue weighted by Crippen LogP contribution is -2.27. The van der Waals surface area contributed by atoms with Gasteiger partial charge in [0.25, 0.3) is 0 Å². The molecule has 6 heteroatoms. The monoisotopic (exact) mass is 257 g/mol. The summed E-state index contributed by atoms with van der Waals surface area (Å²) in [5.74, 6) is -0.592. The number of methoxy groups -OCH3 is 1. The van der Waals surface area contributed by atoms with E-state index in [0.717, 1.165) is 11.1 Å². The molecule has 0 aliphatic rings. The second-order valence-corrected chi connectivity index (χ2v) is 3.68. The number of aliphatic hydroxyl groups excluding tert-OH is 1. The molecule has 18 heavy (non-hydrogen) atoms. The lowest BCUT2D eigenvalue weighted by Gasteiger charge is -2.18. The van der Waals surface area contributed by atoms with Crippen molar-refractivity contribution in [1.29, 1.82) is 0 Å². The number of aliphatic hydroxyl groups is 1. The number of hydroxylamine groups is 2. The van der Waals surface area contributed by atoms with E-state index < -0.39 is 17.8 Å². The highest BCUT2D eigenvalue weighted by molar-refractivity contribution is 5.75. The maximum absolute atomic E-state index is 13.1. The van der Waals surface area contributed by atoms with Crippen molar-refractivity contribution in [3.63, 3.8) is 0 Å². The Labute approximate surface area is 105 Å². The summed E-state index contributed by atoms with van der Waals surface area (Å²) in [6.45, 7) is 0. The summed E-state index contributed by atoms with van der Waals surface area (Å²) in [4.78, 5) is 16.2. The van der Waals surface area contributed by atoms with Gasteiger partial charge in [-0.25, -0.2) is 9.45 Å². The van der Waals surface area contributed by atoms with Crippen molar-refractivity contribution >= 4 is 5.91 Å². The van der Waals surface area contributed by atoms with Crippen LogP contribution in [0.2, 0.25) is 0 Å². The molecule has 0 aliphatic heterocycles. The van der Waals surface area contributed by atoms with Gasteiger partial charge >= 0.3 is 0 Å². The first-order valence-corrected chi connectivity index (χ1v) is 5.31. The van der Waals surface area contributed by atoms with Gasteiger partial charge in [-0.2, -0.15) is 0 Å². The topological polar surface area (TPSA) is 59.0 Å². The second kappa shape index (κ2) is 6.32. The maximum atomic E-state index is 13.1. The number of hydrogen-bond donors (Lipinski definition) is 1. The van der Waals surface area contributed by atoms with Gasteiger partial charge < -0.3 is 9.84 Å². The Balaban J connectivity index is 2.86. The Morgan fingerprint density at radius 1 is 1.50 bits per heavy atom. The van der Waals surface area contributed by atoms with E-state index in [1.807, 2.05) is 0 Å². The molecule has 0 bridgehead atoms. The van der Waals surface area contributed by atoms with Crippen LogP contribution in [0.3, 0.4) is 0 Å². The predicted molar refractivity (Wildman–Crippen MR) is 62.3 cm³/mol. The Kier molecular flexibility index (Phi) is 5.06. The van der Waals surface area contributed by atoms with Crippen molar-refractivity contribution in [2.24, 2.45) is 0 Å². The number of rotatable bonds is 5. The van der Waals surface area contributed by atoms with E-state index in [-0.39, 0.29) is 12.0 Å². The number of carbonyl (C=O) groups is 1. The normalized spacial score (nSPS) is 12.1. The highest BCUT2D eigenvalue weighted by Crippen LogP contribution is 2.28. The van der Waals surface area contributed by atoms with Gasteiger partial charge in [0.15, 0.2) is 0 Å². The van der Waals surface area contributed by atoms with Crippen LogP contribution in [0.4, 0.5) is 4.39 Å². The van der Waals surface area contributed by atoms with Crippen LogP contribution in [0.5, 0.6) is 5.75 Å². The van der Waals surface area contributed by atoms with E-state index in [1.54, 1.807) is 0 Å². The Hall–Kier alpha value is -1.66. The van der Waals surface area contributed by atoms with Gasteiger partial charge in [-0.3, -0.25) is 9.63 Å². The van der Waals surface area contributed by atoms with Crippen LogP contribution >= 0.6 is 0 Å². The summed E-state index contributed by atoms with van der Waals surface area (Å²) < 4.78 is 18.1. The van der Waals surface area contributed by atoms with Gasteiger partial charge in [0, 0.05) is 12.6 Å². The van der Waals surface area contributed by atoms with Crippen molar-refractivity contribution in [3.05, 3.63) is 29.6 Å². The molecule has 1 N–H and O–H groups in total. The van der Waals surface area contributed by atoms with Crippen LogP contribution in [0, 0.1) is 5.82 Å². The number of ether oxygens (including phenoxy) is 1. The van der Waals surface area contributed by atoms with E-state index in [4.69, 9.17) is 9.57 Å². The molecule has 1 atom stereocenters. The lowest BCUT2D eigenvalue weighted by atomic mass is 10.0. The summed E-state index contributed by atoms with van der Waals surface area (Å²) in [6.07, 6.45) is -1.37. The quantitative estimate of drug-likeness (QED) is 0.807. The number of nitrogens with zero attached hydrogens (tertiary/aromatic N) is 1. The molecule has 1 rings (SSSR count). The minimum absolute atomic E-state index is 0.218. The average molecular weight is 257 g/mol. The molecule has 0 saturated carbocycles. The molecule has 0 heterocycles. The van der Waals surface area contributed by atoms with Crippen LogP contribution < -0.4 is 4.74 Å². The molecular weight excluding hydrogens is 241 g/mol. The molecular formula is C12H16FNO4. The first-order valence-electron chi connectivity index (χ1n) is 5.31. The van der Waals surface area contributed by atoms with Gasteiger partial charge in [-0.1, -0.05) is 0 Å². The molecule has 100 valence electrons. The third-order valence-corrected chi connectivity index (χ3v) is 2.54. The lowest BCUT2D eigenvalue weighted by molar-refractivity contribution is -0.170. The first kappa shape index (κ1) is 14.4. The predicted octanol–water partition coefficient (Wildman–Crippen LogP) is 1.28. The van der Waals surface area contributed by atoms with Crippen LogP contribution in [-0.2, 0) is 9.63 Å². The highest BCUT2D eigenvalue weighted by atomic mass is 19.1.